The van der Waals surface area contributed by atoms with Crippen LogP contribution >= 0.6 is 0 Å². The first kappa shape index (κ1) is 13.2. The second-order valence-corrected chi connectivity index (χ2v) is 5.32. The van der Waals surface area contributed by atoms with Crippen LogP contribution in [0.15, 0.2) is 30.4 Å². The standard InChI is InChI=1S/C16H23NO/c1-12(2)8-9-18-16-7-4-13(3)10-14(16)11-17-15-5-6-15/h4,7,10,15,17H,1,5-6,8-9,11H2,2-3H3. The molecule has 1 aromatic carbocycles. The van der Waals surface area contributed by atoms with Crippen LogP contribution in [0.2, 0.25) is 0 Å². The van der Waals surface area contributed by atoms with E-state index in [1.165, 1.54) is 29.5 Å². The molecule has 98 valence electrons. The first-order chi connectivity index (χ1) is 8.65. The number of hydrogen-bond donors (Lipinski definition) is 1. The average molecular weight is 245 g/mol. The molecule has 0 radical (unpaired) electrons. The van der Waals surface area contributed by atoms with Crippen LogP contribution in [0.5, 0.6) is 5.75 Å². The van der Waals surface area contributed by atoms with Gasteiger partial charge in [-0.25, -0.2) is 0 Å². The fourth-order valence-electron chi connectivity index (χ4n) is 1.86. The van der Waals surface area contributed by atoms with Crippen molar-refractivity contribution in [1.82, 2.24) is 5.32 Å². The lowest BCUT2D eigenvalue weighted by Crippen LogP contribution is -2.16. The zero-order valence-electron chi connectivity index (χ0n) is 11.5. The quantitative estimate of drug-likeness (QED) is 0.741. The summed E-state index contributed by atoms with van der Waals surface area (Å²) in [5.74, 6) is 1.01. The van der Waals surface area contributed by atoms with Crippen molar-refractivity contribution in [2.45, 2.75) is 45.7 Å². The van der Waals surface area contributed by atoms with Gasteiger partial charge in [0.2, 0.25) is 0 Å². The molecule has 1 aliphatic rings. The minimum atomic E-state index is 0.717. The van der Waals surface area contributed by atoms with E-state index in [-0.39, 0.29) is 0 Å². The number of benzene rings is 1. The maximum atomic E-state index is 5.85. The summed E-state index contributed by atoms with van der Waals surface area (Å²) >= 11 is 0. The highest BCUT2D eigenvalue weighted by molar-refractivity contribution is 5.37. The molecule has 2 heteroatoms. The molecular weight excluding hydrogens is 222 g/mol. The first-order valence-electron chi connectivity index (χ1n) is 6.75. The van der Waals surface area contributed by atoms with E-state index in [4.69, 9.17) is 4.74 Å². The molecular formula is C16H23NO. The molecule has 0 aromatic heterocycles. The van der Waals surface area contributed by atoms with Crippen molar-refractivity contribution in [1.29, 1.82) is 0 Å². The number of nitrogens with one attached hydrogen (secondary N) is 1. The Bertz CT molecular complexity index is 421. The van der Waals surface area contributed by atoms with Gasteiger partial charge in [0, 0.05) is 24.6 Å². The average Bonchev–Trinajstić information content (AvgIpc) is 3.12. The smallest absolute Gasteiger partial charge is 0.123 e. The van der Waals surface area contributed by atoms with Gasteiger partial charge in [0.1, 0.15) is 5.75 Å². The zero-order valence-corrected chi connectivity index (χ0v) is 11.5. The van der Waals surface area contributed by atoms with Crippen molar-refractivity contribution >= 4 is 0 Å². The Balaban J connectivity index is 1.94. The Morgan fingerprint density at radius 1 is 1.44 bits per heavy atom. The summed E-state index contributed by atoms with van der Waals surface area (Å²) in [7, 11) is 0. The van der Waals surface area contributed by atoms with Crippen LogP contribution in [-0.4, -0.2) is 12.6 Å². The molecule has 1 N–H and O–H groups in total. The highest BCUT2D eigenvalue weighted by atomic mass is 16.5. The van der Waals surface area contributed by atoms with Crippen LogP contribution in [0.3, 0.4) is 0 Å². The van der Waals surface area contributed by atoms with Gasteiger partial charge in [-0.3, -0.25) is 0 Å². The van der Waals surface area contributed by atoms with Crippen molar-refractivity contribution in [3.8, 4) is 5.75 Å². The third-order valence-corrected chi connectivity index (χ3v) is 3.16. The number of aryl methyl sites for hydroxylation is 1. The van der Waals surface area contributed by atoms with Crippen LogP contribution in [0.4, 0.5) is 0 Å². The minimum absolute atomic E-state index is 0.717. The van der Waals surface area contributed by atoms with Crippen LogP contribution < -0.4 is 10.1 Å². The molecule has 0 aliphatic heterocycles. The summed E-state index contributed by atoms with van der Waals surface area (Å²) < 4.78 is 5.85. The topological polar surface area (TPSA) is 21.3 Å². The molecule has 18 heavy (non-hydrogen) atoms. The third-order valence-electron chi connectivity index (χ3n) is 3.16. The monoisotopic (exact) mass is 245 g/mol. The highest BCUT2D eigenvalue weighted by Crippen LogP contribution is 2.24. The van der Waals surface area contributed by atoms with E-state index >= 15 is 0 Å². The van der Waals surface area contributed by atoms with E-state index < -0.39 is 0 Å². The van der Waals surface area contributed by atoms with Gasteiger partial charge < -0.3 is 10.1 Å². The summed E-state index contributed by atoms with van der Waals surface area (Å²) in [6.45, 7) is 9.69. The van der Waals surface area contributed by atoms with E-state index in [0.717, 1.165) is 31.4 Å². The Morgan fingerprint density at radius 2 is 2.22 bits per heavy atom. The van der Waals surface area contributed by atoms with E-state index in [1.807, 2.05) is 6.92 Å². The number of ether oxygens (including phenoxy) is 1. The summed E-state index contributed by atoms with van der Waals surface area (Å²) in [5, 5.41) is 3.54. The molecule has 1 aromatic rings. The molecule has 2 rings (SSSR count). The van der Waals surface area contributed by atoms with Crippen molar-refractivity contribution in [3.05, 3.63) is 41.5 Å². The predicted octanol–water partition coefficient (Wildman–Crippen LogP) is 3.59. The molecule has 1 fully saturated rings. The fourth-order valence-corrected chi connectivity index (χ4v) is 1.86. The lowest BCUT2D eigenvalue weighted by atomic mass is 10.1. The molecule has 0 unspecified atom stereocenters. The summed E-state index contributed by atoms with van der Waals surface area (Å²) in [6.07, 6.45) is 3.55. The molecule has 0 spiro atoms. The molecule has 1 aliphatic carbocycles. The van der Waals surface area contributed by atoms with Gasteiger partial charge in [-0.2, -0.15) is 0 Å². The third kappa shape index (κ3) is 4.19. The number of hydrogen-bond acceptors (Lipinski definition) is 2. The molecule has 0 atom stereocenters. The van der Waals surface area contributed by atoms with E-state index in [9.17, 15) is 0 Å². The molecule has 2 nitrogen and oxygen atoms in total. The van der Waals surface area contributed by atoms with E-state index in [1.54, 1.807) is 0 Å². The van der Waals surface area contributed by atoms with Crippen LogP contribution in [0, 0.1) is 6.92 Å². The highest BCUT2D eigenvalue weighted by Gasteiger charge is 2.20. The summed E-state index contributed by atoms with van der Waals surface area (Å²) in [5.41, 5.74) is 3.72. The SMILES string of the molecule is C=C(C)CCOc1ccc(C)cc1CNC1CC1. The minimum Gasteiger partial charge on any atom is -0.493 e. The molecule has 0 bridgehead atoms. The molecule has 0 heterocycles. The molecule has 0 saturated heterocycles. The van der Waals surface area contributed by atoms with E-state index in [2.05, 4.69) is 37.0 Å². The Morgan fingerprint density at radius 3 is 2.89 bits per heavy atom. The van der Waals surface area contributed by atoms with Crippen LogP contribution in [0.25, 0.3) is 0 Å². The Hall–Kier alpha value is -1.28. The second-order valence-electron chi connectivity index (χ2n) is 5.32. The lowest BCUT2D eigenvalue weighted by molar-refractivity contribution is 0.317. The van der Waals surface area contributed by atoms with Crippen molar-refractivity contribution < 1.29 is 4.74 Å². The van der Waals surface area contributed by atoms with Crippen LogP contribution in [-0.2, 0) is 6.54 Å². The number of rotatable bonds is 7. The van der Waals surface area contributed by atoms with E-state index in [0.29, 0.717) is 0 Å². The van der Waals surface area contributed by atoms with Gasteiger partial charge in [-0.15, -0.1) is 6.58 Å². The predicted molar refractivity (Wildman–Crippen MR) is 76.0 cm³/mol. The second kappa shape index (κ2) is 6.05. The fraction of sp³-hybridized carbons (Fsp3) is 0.500. The molecule has 0 amide bonds. The maximum absolute atomic E-state index is 5.85. The van der Waals surface area contributed by atoms with Gasteiger partial charge >= 0.3 is 0 Å². The van der Waals surface area contributed by atoms with Crippen molar-refractivity contribution in [3.63, 3.8) is 0 Å². The largest absolute Gasteiger partial charge is 0.493 e. The molecule has 1 saturated carbocycles. The van der Waals surface area contributed by atoms with Gasteiger partial charge in [0.15, 0.2) is 0 Å². The zero-order chi connectivity index (χ0) is 13.0. The van der Waals surface area contributed by atoms with Gasteiger partial charge in [0.05, 0.1) is 6.61 Å². The van der Waals surface area contributed by atoms with Crippen LogP contribution in [0.1, 0.15) is 37.3 Å². The van der Waals surface area contributed by atoms with Gasteiger partial charge in [-0.05, 0) is 32.8 Å². The summed E-state index contributed by atoms with van der Waals surface area (Å²) in [6, 6.07) is 7.13. The Labute approximate surface area is 110 Å². The summed E-state index contributed by atoms with van der Waals surface area (Å²) in [4.78, 5) is 0. The first-order valence-corrected chi connectivity index (χ1v) is 6.75. The van der Waals surface area contributed by atoms with Crippen molar-refractivity contribution in [2.75, 3.05) is 6.61 Å². The van der Waals surface area contributed by atoms with Gasteiger partial charge in [0.25, 0.3) is 0 Å². The van der Waals surface area contributed by atoms with Crippen molar-refractivity contribution in [2.24, 2.45) is 0 Å². The van der Waals surface area contributed by atoms with Gasteiger partial charge in [-0.1, -0.05) is 23.3 Å². The normalized spacial score (nSPS) is 14.6. The Kier molecular flexibility index (Phi) is 4.43. The lowest BCUT2D eigenvalue weighted by Gasteiger charge is -2.13. The maximum Gasteiger partial charge on any atom is 0.123 e.